The first-order valence-corrected chi connectivity index (χ1v) is 5.47. The second-order valence-electron chi connectivity index (χ2n) is 4.90. The van der Waals surface area contributed by atoms with Crippen LogP contribution in [0.3, 0.4) is 0 Å². The van der Waals surface area contributed by atoms with Crippen molar-refractivity contribution in [2.24, 2.45) is 0 Å². The van der Waals surface area contributed by atoms with E-state index in [1.807, 2.05) is 12.1 Å². The molecule has 0 saturated carbocycles. The third-order valence-electron chi connectivity index (χ3n) is 3.41. The summed E-state index contributed by atoms with van der Waals surface area (Å²) in [7, 11) is 1.73. The fraction of sp³-hybridized carbons (Fsp3) is 0.385. The Kier molecular flexibility index (Phi) is 2.45. The maximum Gasteiger partial charge on any atom is 0.313 e. The Morgan fingerprint density at radius 3 is 2.65 bits per heavy atom. The highest BCUT2D eigenvalue weighted by molar-refractivity contribution is 6.01. The van der Waals surface area contributed by atoms with Crippen LogP contribution in [-0.2, 0) is 21.4 Å². The maximum absolute atomic E-state index is 11.5. The van der Waals surface area contributed by atoms with Crippen molar-refractivity contribution in [1.82, 2.24) is 0 Å². The highest BCUT2D eigenvalue weighted by Crippen LogP contribution is 2.32. The molecule has 1 aromatic rings. The Morgan fingerprint density at radius 1 is 1.41 bits per heavy atom. The van der Waals surface area contributed by atoms with Crippen molar-refractivity contribution >= 4 is 17.6 Å². The van der Waals surface area contributed by atoms with Crippen LogP contribution in [-0.4, -0.2) is 24.0 Å². The normalized spacial score (nSPS) is 15.0. The smallest absolute Gasteiger partial charge is 0.313 e. The van der Waals surface area contributed by atoms with E-state index >= 15 is 0 Å². The second-order valence-corrected chi connectivity index (χ2v) is 4.90. The van der Waals surface area contributed by atoms with Gasteiger partial charge >= 0.3 is 5.97 Å². The van der Waals surface area contributed by atoms with Gasteiger partial charge in [0.05, 0.1) is 11.8 Å². The first-order valence-electron chi connectivity index (χ1n) is 5.47. The molecule has 1 amide bonds. The highest BCUT2D eigenvalue weighted by atomic mass is 16.4. The average molecular weight is 233 g/mol. The third-order valence-corrected chi connectivity index (χ3v) is 3.41. The summed E-state index contributed by atoms with van der Waals surface area (Å²) >= 11 is 0. The van der Waals surface area contributed by atoms with Crippen LogP contribution in [0.2, 0.25) is 0 Å². The number of nitrogens with zero attached hydrogens (tertiary/aromatic N) is 1. The molecule has 1 N–H and O–H groups in total. The van der Waals surface area contributed by atoms with E-state index in [0.29, 0.717) is 6.42 Å². The summed E-state index contributed by atoms with van der Waals surface area (Å²) in [5, 5.41) is 9.17. The van der Waals surface area contributed by atoms with Gasteiger partial charge in [0.1, 0.15) is 0 Å². The molecule has 4 nitrogen and oxygen atoms in total. The molecule has 90 valence electrons. The minimum atomic E-state index is -0.931. The van der Waals surface area contributed by atoms with E-state index in [-0.39, 0.29) is 5.91 Å². The maximum atomic E-state index is 11.5. The number of hydrogen-bond acceptors (Lipinski definition) is 2. The first kappa shape index (κ1) is 11.6. The fourth-order valence-electron chi connectivity index (χ4n) is 1.98. The lowest BCUT2D eigenvalue weighted by atomic mass is 9.84. The van der Waals surface area contributed by atoms with Crippen LogP contribution in [0.15, 0.2) is 18.2 Å². The summed E-state index contributed by atoms with van der Waals surface area (Å²) in [6, 6.07) is 5.42. The van der Waals surface area contributed by atoms with E-state index in [1.54, 1.807) is 31.9 Å². The minimum absolute atomic E-state index is 0.0466. The van der Waals surface area contributed by atoms with Gasteiger partial charge < -0.3 is 10.0 Å². The molecule has 1 aromatic carbocycles. The zero-order valence-electron chi connectivity index (χ0n) is 10.2. The molecule has 4 heteroatoms. The third kappa shape index (κ3) is 1.69. The van der Waals surface area contributed by atoms with E-state index in [2.05, 4.69) is 0 Å². The van der Waals surface area contributed by atoms with Gasteiger partial charge in [0.25, 0.3) is 0 Å². The van der Waals surface area contributed by atoms with Crippen molar-refractivity contribution in [3.63, 3.8) is 0 Å². The van der Waals surface area contributed by atoms with Gasteiger partial charge in [0.15, 0.2) is 0 Å². The summed E-state index contributed by atoms with van der Waals surface area (Å²) < 4.78 is 0. The molecule has 0 saturated heterocycles. The van der Waals surface area contributed by atoms with Gasteiger partial charge in [-0.2, -0.15) is 0 Å². The lowest BCUT2D eigenvalue weighted by molar-refractivity contribution is -0.142. The molecule has 0 atom stereocenters. The topological polar surface area (TPSA) is 57.6 Å². The Bertz CT molecular complexity index is 505. The Labute approximate surface area is 99.9 Å². The molecular formula is C13H15NO3. The van der Waals surface area contributed by atoms with Crippen LogP contribution < -0.4 is 4.90 Å². The van der Waals surface area contributed by atoms with E-state index < -0.39 is 11.4 Å². The molecular weight excluding hydrogens is 218 g/mol. The molecule has 0 spiro atoms. The Morgan fingerprint density at radius 2 is 2.06 bits per heavy atom. The van der Waals surface area contributed by atoms with Crippen LogP contribution in [0, 0.1) is 0 Å². The molecule has 0 aliphatic carbocycles. The molecule has 0 aromatic heterocycles. The zero-order chi connectivity index (χ0) is 12.8. The van der Waals surface area contributed by atoms with E-state index in [1.165, 1.54) is 0 Å². The van der Waals surface area contributed by atoms with Gasteiger partial charge in [-0.05, 0) is 31.0 Å². The van der Waals surface area contributed by atoms with Gasteiger partial charge in [-0.1, -0.05) is 12.1 Å². The van der Waals surface area contributed by atoms with Crippen LogP contribution in [0.25, 0.3) is 0 Å². The Hall–Kier alpha value is -1.84. The van der Waals surface area contributed by atoms with Gasteiger partial charge in [0, 0.05) is 12.7 Å². The molecule has 0 radical (unpaired) electrons. The molecule has 2 rings (SSSR count). The number of likely N-dealkylation sites (N-methyl/N-ethyl adjacent to an activating group) is 1. The van der Waals surface area contributed by atoms with E-state index in [0.717, 1.165) is 16.8 Å². The van der Waals surface area contributed by atoms with Gasteiger partial charge in [-0.15, -0.1) is 0 Å². The number of fused-ring (bicyclic) bond motifs is 1. The predicted molar refractivity (Wildman–Crippen MR) is 64.2 cm³/mol. The molecule has 17 heavy (non-hydrogen) atoms. The first-order chi connectivity index (χ1) is 7.84. The van der Waals surface area contributed by atoms with Crippen molar-refractivity contribution in [1.29, 1.82) is 0 Å². The largest absolute Gasteiger partial charge is 0.481 e. The molecule has 1 aliphatic rings. The number of amides is 1. The standard InChI is InChI=1S/C13H15NO3/c1-13(2,12(16)17)9-4-5-10-8(6-9)7-11(15)14(10)3/h4-6H,7H2,1-3H3,(H,16,17). The van der Waals surface area contributed by atoms with Crippen LogP contribution in [0.1, 0.15) is 25.0 Å². The van der Waals surface area contributed by atoms with Gasteiger partial charge in [-0.3, -0.25) is 9.59 Å². The van der Waals surface area contributed by atoms with Gasteiger partial charge in [-0.25, -0.2) is 0 Å². The highest BCUT2D eigenvalue weighted by Gasteiger charge is 2.32. The number of carbonyl (C=O) groups is 2. The van der Waals surface area contributed by atoms with Crippen molar-refractivity contribution in [2.75, 3.05) is 11.9 Å². The fourth-order valence-corrected chi connectivity index (χ4v) is 1.98. The van der Waals surface area contributed by atoms with Crippen molar-refractivity contribution < 1.29 is 14.7 Å². The number of rotatable bonds is 2. The Balaban J connectivity index is 2.47. The predicted octanol–water partition coefficient (Wildman–Crippen LogP) is 1.57. The molecule has 0 unspecified atom stereocenters. The lowest BCUT2D eigenvalue weighted by Gasteiger charge is -2.20. The summed E-state index contributed by atoms with van der Waals surface area (Å²) in [6.45, 7) is 3.33. The van der Waals surface area contributed by atoms with E-state index in [9.17, 15) is 9.59 Å². The summed E-state index contributed by atoms with van der Waals surface area (Å²) in [5.41, 5.74) is 1.58. The number of anilines is 1. The zero-order valence-corrected chi connectivity index (χ0v) is 10.2. The van der Waals surface area contributed by atoms with Crippen LogP contribution >= 0.6 is 0 Å². The number of carboxylic acids is 1. The number of carbonyl (C=O) groups excluding carboxylic acids is 1. The molecule has 1 aliphatic heterocycles. The quantitative estimate of drug-likeness (QED) is 0.843. The van der Waals surface area contributed by atoms with Gasteiger partial charge in [0.2, 0.25) is 5.91 Å². The SMILES string of the molecule is CN1C(=O)Cc2cc(C(C)(C)C(=O)O)ccc21. The summed E-state index contributed by atoms with van der Waals surface area (Å²) in [6.07, 6.45) is 0.357. The average Bonchev–Trinajstić information content (AvgIpc) is 2.54. The molecule has 0 fully saturated rings. The summed E-state index contributed by atoms with van der Waals surface area (Å²) in [4.78, 5) is 24.3. The lowest BCUT2D eigenvalue weighted by Crippen LogP contribution is -2.28. The molecule has 1 heterocycles. The van der Waals surface area contributed by atoms with Crippen molar-refractivity contribution in [2.45, 2.75) is 25.7 Å². The van der Waals surface area contributed by atoms with Crippen LogP contribution in [0.5, 0.6) is 0 Å². The number of aliphatic carboxylic acids is 1. The number of carboxylic acid groups (broad SMARTS) is 1. The monoisotopic (exact) mass is 233 g/mol. The van der Waals surface area contributed by atoms with Crippen molar-refractivity contribution in [3.05, 3.63) is 29.3 Å². The van der Waals surface area contributed by atoms with E-state index in [4.69, 9.17) is 5.11 Å². The minimum Gasteiger partial charge on any atom is -0.481 e. The number of benzene rings is 1. The van der Waals surface area contributed by atoms with Crippen LogP contribution in [0.4, 0.5) is 5.69 Å². The summed E-state index contributed by atoms with van der Waals surface area (Å²) in [5.74, 6) is -0.819. The van der Waals surface area contributed by atoms with Crippen molar-refractivity contribution in [3.8, 4) is 0 Å². The second kappa shape index (κ2) is 3.58. The number of hydrogen-bond donors (Lipinski definition) is 1. The molecule has 0 bridgehead atoms.